The molecule has 0 bridgehead atoms. The molecule has 26 heavy (non-hydrogen) atoms. The van der Waals surface area contributed by atoms with E-state index in [9.17, 15) is 14.4 Å². The molecule has 0 unspecified atom stereocenters. The maximum absolute atomic E-state index is 12.2. The molecule has 1 fully saturated rings. The zero-order valence-corrected chi connectivity index (χ0v) is 14.7. The van der Waals surface area contributed by atoms with Crippen molar-refractivity contribution in [2.24, 2.45) is 0 Å². The molecular formula is C19H15NO5S. The van der Waals surface area contributed by atoms with Crippen LogP contribution in [0.5, 0.6) is 0 Å². The van der Waals surface area contributed by atoms with E-state index < -0.39 is 5.97 Å². The third-order valence-electron chi connectivity index (χ3n) is 3.82. The summed E-state index contributed by atoms with van der Waals surface area (Å²) in [5.74, 6) is -0.378. The average molecular weight is 369 g/mol. The molecule has 1 aliphatic rings. The topological polar surface area (TPSA) is 87.8 Å². The summed E-state index contributed by atoms with van der Waals surface area (Å²) in [5.41, 5.74) is 1.72. The van der Waals surface area contributed by atoms with Gasteiger partial charge < -0.3 is 9.52 Å². The Morgan fingerprint density at radius 1 is 1.31 bits per heavy atom. The molecule has 3 rings (SSSR count). The Balaban J connectivity index is 1.87. The van der Waals surface area contributed by atoms with Crippen LogP contribution < -0.4 is 0 Å². The van der Waals surface area contributed by atoms with E-state index in [1.54, 1.807) is 31.2 Å². The molecule has 0 radical (unpaired) electrons. The summed E-state index contributed by atoms with van der Waals surface area (Å²) in [6.45, 7) is 5.50. The van der Waals surface area contributed by atoms with Crippen molar-refractivity contribution in [2.75, 3.05) is 6.54 Å². The van der Waals surface area contributed by atoms with E-state index in [1.807, 2.05) is 0 Å². The van der Waals surface area contributed by atoms with Crippen molar-refractivity contribution in [2.45, 2.75) is 6.92 Å². The van der Waals surface area contributed by atoms with Crippen LogP contribution in [0.25, 0.3) is 17.4 Å². The van der Waals surface area contributed by atoms with E-state index >= 15 is 0 Å². The molecule has 0 aliphatic carbocycles. The van der Waals surface area contributed by atoms with Crippen LogP contribution in [0.1, 0.15) is 21.7 Å². The number of hydrogen-bond donors (Lipinski definition) is 1. The SMILES string of the molecule is C=CCN1C(=O)S/C(=C\c2ccc(-c3ccc(C(=O)O)cc3C)o2)C1=O. The molecule has 7 heteroatoms. The normalized spacial score (nSPS) is 15.7. The first-order valence-corrected chi connectivity index (χ1v) is 8.52. The minimum absolute atomic E-state index is 0.167. The van der Waals surface area contributed by atoms with Gasteiger partial charge in [-0.1, -0.05) is 12.1 Å². The van der Waals surface area contributed by atoms with Crippen LogP contribution in [-0.2, 0) is 4.79 Å². The van der Waals surface area contributed by atoms with Crippen molar-refractivity contribution in [3.05, 3.63) is 64.8 Å². The van der Waals surface area contributed by atoms with E-state index in [0.29, 0.717) is 11.5 Å². The second-order valence-corrected chi connectivity index (χ2v) is 6.61. The minimum atomic E-state index is -0.991. The Bertz CT molecular complexity index is 957. The monoisotopic (exact) mass is 369 g/mol. The highest BCUT2D eigenvalue weighted by Crippen LogP contribution is 2.33. The molecule has 0 saturated carbocycles. The fraction of sp³-hybridized carbons (Fsp3) is 0.105. The third-order valence-corrected chi connectivity index (χ3v) is 4.73. The van der Waals surface area contributed by atoms with E-state index in [2.05, 4.69) is 6.58 Å². The van der Waals surface area contributed by atoms with Gasteiger partial charge in [0.05, 0.1) is 10.5 Å². The van der Waals surface area contributed by atoms with Crippen LogP contribution in [0.15, 0.2) is 52.3 Å². The number of carboxylic acids is 1. The number of carbonyl (C=O) groups excluding carboxylic acids is 2. The molecule has 132 valence electrons. The van der Waals surface area contributed by atoms with Gasteiger partial charge in [0.25, 0.3) is 11.1 Å². The van der Waals surface area contributed by atoms with Gasteiger partial charge in [-0.05, 0) is 48.5 Å². The molecular weight excluding hydrogens is 354 g/mol. The van der Waals surface area contributed by atoms with Crippen molar-refractivity contribution in [3.8, 4) is 11.3 Å². The molecule has 1 aromatic carbocycles. The van der Waals surface area contributed by atoms with Gasteiger partial charge in [0.15, 0.2) is 0 Å². The molecule has 2 heterocycles. The summed E-state index contributed by atoms with van der Waals surface area (Å²) in [6, 6.07) is 8.19. The molecule has 0 spiro atoms. The summed E-state index contributed by atoms with van der Waals surface area (Å²) in [5, 5.41) is 8.70. The van der Waals surface area contributed by atoms with Crippen molar-refractivity contribution in [1.82, 2.24) is 4.90 Å². The van der Waals surface area contributed by atoms with Crippen LogP contribution in [0.4, 0.5) is 4.79 Å². The average Bonchev–Trinajstić information content (AvgIpc) is 3.15. The van der Waals surface area contributed by atoms with Gasteiger partial charge in [0, 0.05) is 18.2 Å². The molecule has 2 amide bonds. The molecule has 0 atom stereocenters. The van der Waals surface area contributed by atoms with Crippen LogP contribution >= 0.6 is 11.8 Å². The number of rotatable bonds is 5. The predicted molar refractivity (Wildman–Crippen MR) is 98.7 cm³/mol. The lowest BCUT2D eigenvalue weighted by molar-refractivity contribution is -0.122. The number of carbonyl (C=O) groups is 3. The summed E-state index contributed by atoms with van der Waals surface area (Å²) in [4.78, 5) is 36.5. The number of carboxylic acid groups (broad SMARTS) is 1. The number of furan rings is 1. The van der Waals surface area contributed by atoms with Crippen LogP contribution in [-0.4, -0.2) is 33.7 Å². The second-order valence-electron chi connectivity index (χ2n) is 5.62. The summed E-state index contributed by atoms with van der Waals surface area (Å²) >= 11 is 0.855. The Morgan fingerprint density at radius 2 is 2.08 bits per heavy atom. The fourth-order valence-corrected chi connectivity index (χ4v) is 3.39. The second kappa shape index (κ2) is 7.05. The zero-order chi connectivity index (χ0) is 18.8. The first-order valence-electron chi connectivity index (χ1n) is 7.71. The lowest BCUT2D eigenvalue weighted by Gasteiger charge is -2.07. The third kappa shape index (κ3) is 3.34. The first kappa shape index (κ1) is 17.8. The Labute approximate surface area is 153 Å². The Morgan fingerprint density at radius 3 is 2.73 bits per heavy atom. The molecule has 1 saturated heterocycles. The number of hydrogen-bond acceptors (Lipinski definition) is 5. The zero-order valence-electron chi connectivity index (χ0n) is 13.9. The Hall–Kier alpha value is -3.06. The molecule has 2 aromatic rings. The van der Waals surface area contributed by atoms with Gasteiger partial charge in [0.2, 0.25) is 0 Å². The standard InChI is InChI=1S/C19H15NO5S/c1-3-8-20-17(21)16(26-19(20)24)10-13-5-7-15(25-13)14-6-4-12(18(22)23)9-11(14)2/h3-7,9-10H,1,8H2,2H3,(H,22,23)/b16-10-. The Kier molecular flexibility index (Phi) is 4.81. The summed E-state index contributed by atoms with van der Waals surface area (Å²) in [7, 11) is 0. The van der Waals surface area contributed by atoms with Gasteiger partial charge in [-0.2, -0.15) is 0 Å². The van der Waals surface area contributed by atoms with Gasteiger partial charge in [-0.25, -0.2) is 4.79 Å². The molecule has 1 aromatic heterocycles. The van der Waals surface area contributed by atoms with E-state index in [0.717, 1.165) is 27.8 Å². The molecule has 6 nitrogen and oxygen atoms in total. The van der Waals surface area contributed by atoms with Crippen molar-refractivity contribution in [1.29, 1.82) is 0 Å². The summed E-state index contributed by atoms with van der Waals surface area (Å²) in [6.07, 6.45) is 3.02. The number of benzene rings is 1. The minimum Gasteiger partial charge on any atom is -0.478 e. The number of thioether (sulfide) groups is 1. The highest BCUT2D eigenvalue weighted by Gasteiger charge is 2.34. The number of aryl methyl sites for hydroxylation is 1. The van der Waals surface area contributed by atoms with Gasteiger partial charge >= 0.3 is 5.97 Å². The van der Waals surface area contributed by atoms with Crippen molar-refractivity contribution < 1.29 is 23.9 Å². The van der Waals surface area contributed by atoms with Crippen molar-refractivity contribution >= 4 is 35.0 Å². The maximum Gasteiger partial charge on any atom is 0.335 e. The summed E-state index contributed by atoms with van der Waals surface area (Å²) < 4.78 is 5.75. The van der Waals surface area contributed by atoms with Crippen LogP contribution in [0.2, 0.25) is 0 Å². The lowest BCUT2D eigenvalue weighted by Crippen LogP contribution is -2.27. The number of nitrogens with zero attached hydrogens (tertiary/aromatic N) is 1. The first-order chi connectivity index (χ1) is 12.4. The van der Waals surface area contributed by atoms with Crippen molar-refractivity contribution in [3.63, 3.8) is 0 Å². The predicted octanol–water partition coefficient (Wildman–Crippen LogP) is 4.18. The largest absolute Gasteiger partial charge is 0.478 e. The fourth-order valence-electron chi connectivity index (χ4n) is 2.56. The maximum atomic E-state index is 12.2. The molecule has 1 N–H and O–H groups in total. The number of aromatic carboxylic acids is 1. The van der Waals surface area contributed by atoms with Crippen LogP contribution in [0, 0.1) is 6.92 Å². The van der Waals surface area contributed by atoms with Gasteiger partial charge in [-0.3, -0.25) is 14.5 Å². The highest BCUT2D eigenvalue weighted by atomic mass is 32.2. The van der Waals surface area contributed by atoms with Gasteiger partial charge in [0.1, 0.15) is 11.5 Å². The van der Waals surface area contributed by atoms with Gasteiger partial charge in [-0.15, -0.1) is 6.58 Å². The van der Waals surface area contributed by atoms with E-state index in [1.165, 1.54) is 18.2 Å². The van der Waals surface area contributed by atoms with Crippen LogP contribution in [0.3, 0.4) is 0 Å². The van der Waals surface area contributed by atoms with E-state index in [-0.39, 0.29) is 28.2 Å². The smallest absolute Gasteiger partial charge is 0.335 e. The number of amides is 2. The van der Waals surface area contributed by atoms with E-state index in [4.69, 9.17) is 9.52 Å². The highest BCUT2D eigenvalue weighted by molar-refractivity contribution is 8.18. The number of imide groups is 1. The molecule has 1 aliphatic heterocycles. The quantitative estimate of drug-likeness (QED) is 0.628. The lowest BCUT2D eigenvalue weighted by atomic mass is 10.0.